The molecule has 2 atom stereocenters. The highest BCUT2D eigenvalue weighted by Crippen LogP contribution is 2.16. The Labute approximate surface area is 305 Å². The first-order valence-electron chi connectivity index (χ1n) is 21.4. The van der Waals surface area contributed by atoms with Crippen LogP contribution in [0.25, 0.3) is 0 Å². The van der Waals surface area contributed by atoms with Gasteiger partial charge in [0.2, 0.25) is 5.91 Å². The minimum absolute atomic E-state index is 0.245. The third-order valence-corrected chi connectivity index (χ3v) is 10.8. The summed E-state index contributed by atoms with van der Waals surface area (Å²) in [4.78, 5) is 12.5. The summed E-state index contributed by atoms with van der Waals surface area (Å²) in [6, 6.07) is -0.968. The van der Waals surface area contributed by atoms with E-state index >= 15 is 0 Å². The number of hydrogen-bond donors (Lipinski definition) is 3. The fourth-order valence-electron chi connectivity index (χ4n) is 6.74. The third kappa shape index (κ3) is 38.1. The molecule has 7 heteroatoms. The maximum Gasteiger partial charge on any atom is 0.266 e. The molecular formula is C42H83NO5S. The second-order valence-electron chi connectivity index (χ2n) is 15.0. The molecule has 3 N–H and O–H groups in total. The van der Waals surface area contributed by atoms with Gasteiger partial charge < -0.3 is 10.4 Å². The van der Waals surface area contributed by atoms with Crippen LogP contribution in [0, 0.1) is 0 Å². The van der Waals surface area contributed by atoms with Crippen molar-refractivity contribution in [2.75, 3.05) is 5.75 Å². The van der Waals surface area contributed by atoms with E-state index in [-0.39, 0.29) is 5.91 Å². The molecule has 0 fully saturated rings. The SMILES string of the molecule is CCCCCCCC/C=C\CCCCCCCCCCCC(=O)NC(CS(=O)(=O)O)C(O)CCCCCCCCCCCCCCCCC. The van der Waals surface area contributed by atoms with Gasteiger partial charge in [-0.05, 0) is 38.5 Å². The molecule has 0 aromatic rings. The lowest BCUT2D eigenvalue weighted by Crippen LogP contribution is -2.47. The highest BCUT2D eigenvalue weighted by Gasteiger charge is 2.26. The maximum atomic E-state index is 12.5. The van der Waals surface area contributed by atoms with E-state index in [9.17, 15) is 22.9 Å². The summed E-state index contributed by atoms with van der Waals surface area (Å²) in [6.07, 6.45) is 44.4. The standard InChI is InChI=1S/C42H83NO5S/c1-3-5-7-9-11-13-15-17-19-20-21-22-24-26-28-30-32-34-36-38-42(45)43-40(39-49(46,47)48)41(44)37-35-33-31-29-27-25-23-18-16-14-12-10-8-6-4-2/h17,19,40-41,44H,3-16,18,20-39H2,1-2H3,(H,43,45)(H,46,47,48)/b19-17-. The number of aliphatic hydroxyl groups is 1. The lowest BCUT2D eigenvalue weighted by molar-refractivity contribution is -0.122. The summed E-state index contributed by atoms with van der Waals surface area (Å²) < 4.78 is 32.6. The molecule has 0 saturated heterocycles. The van der Waals surface area contributed by atoms with Crippen molar-refractivity contribution in [3.8, 4) is 0 Å². The molecular weight excluding hydrogens is 631 g/mol. The first-order chi connectivity index (χ1) is 23.8. The average Bonchev–Trinajstić information content (AvgIpc) is 3.06. The number of hydrogen-bond acceptors (Lipinski definition) is 4. The van der Waals surface area contributed by atoms with Crippen LogP contribution in [0.2, 0.25) is 0 Å². The van der Waals surface area contributed by atoms with Crippen molar-refractivity contribution in [1.82, 2.24) is 5.32 Å². The first-order valence-corrected chi connectivity index (χ1v) is 23.0. The Morgan fingerprint density at radius 1 is 0.531 bits per heavy atom. The van der Waals surface area contributed by atoms with Gasteiger partial charge in [-0.25, -0.2) is 0 Å². The van der Waals surface area contributed by atoms with Gasteiger partial charge in [-0.1, -0.05) is 199 Å². The topological polar surface area (TPSA) is 104 Å². The first kappa shape index (κ1) is 48.1. The zero-order chi connectivity index (χ0) is 36.1. The summed E-state index contributed by atoms with van der Waals surface area (Å²) in [6.45, 7) is 4.53. The van der Waals surface area contributed by atoms with Crippen LogP contribution >= 0.6 is 0 Å². The zero-order valence-corrected chi connectivity index (χ0v) is 33.4. The van der Waals surface area contributed by atoms with Gasteiger partial charge >= 0.3 is 0 Å². The third-order valence-electron chi connectivity index (χ3n) is 9.97. The second-order valence-corrected chi connectivity index (χ2v) is 16.5. The Hall–Kier alpha value is -0.920. The molecule has 0 radical (unpaired) electrons. The van der Waals surface area contributed by atoms with E-state index in [2.05, 4.69) is 31.3 Å². The van der Waals surface area contributed by atoms with Crippen molar-refractivity contribution in [3.05, 3.63) is 12.2 Å². The lowest BCUT2D eigenvalue weighted by Gasteiger charge is -2.23. The van der Waals surface area contributed by atoms with Gasteiger partial charge in [0.25, 0.3) is 10.1 Å². The quantitative estimate of drug-likeness (QED) is 0.0334. The van der Waals surface area contributed by atoms with E-state index < -0.39 is 28.0 Å². The van der Waals surface area contributed by atoms with Crippen LogP contribution in [0.5, 0.6) is 0 Å². The Morgan fingerprint density at radius 2 is 0.857 bits per heavy atom. The van der Waals surface area contributed by atoms with E-state index in [0.717, 1.165) is 38.5 Å². The highest BCUT2D eigenvalue weighted by atomic mass is 32.2. The molecule has 0 aliphatic rings. The minimum atomic E-state index is -4.31. The van der Waals surface area contributed by atoms with Gasteiger partial charge in [-0.2, -0.15) is 8.42 Å². The number of nitrogens with one attached hydrogen (secondary N) is 1. The number of allylic oxidation sites excluding steroid dienone is 2. The number of unbranched alkanes of at least 4 members (excludes halogenated alkanes) is 29. The van der Waals surface area contributed by atoms with Crippen molar-refractivity contribution in [2.24, 2.45) is 0 Å². The van der Waals surface area contributed by atoms with Crippen LogP contribution in [0.3, 0.4) is 0 Å². The predicted octanol–water partition coefficient (Wildman–Crippen LogP) is 12.6. The average molecular weight is 714 g/mol. The second kappa shape index (κ2) is 36.9. The molecule has 0 rings (SSSR count). The Morgan fingerprint density at radius 3 is 1.22 bits per heavy atom. The highest BCUT2D eigenvalue weighted by molar-refractivity contribution is 7.85. The van der Waals surface area contributed by atoms with Gasteiger partial charge in [0.1, 0.15) is 0 Å². The molecule has 292 valence electrons. The summed E-state index contributed by atoms with van der Waals surface area (Å²) in [5.74, 6) is -0.890. The molecule has 2 unspecified atom stereocenters. The number of rotatable bonds is 39. The van der Waals surface area contributed by atoms with E-state index in [1.807, 2.05) is 0 Å². The largest absolute Gasteiger partial charge is 0.391 e. The zero-order valence-electron chi connectivity index (χ0n) is 32.6. The van der Waals surface area contributed by atoms with E-state index in [1.54, 1.807) is 0 Å². The smallest absolute Gasteiger partial charge is 0.266 e. The van der Waals surface area contributed by atoms with Gasteiger partial charge in [0.15, 0.2) is 0 Å². The Bertz CT molecular complexity index is 831. The van der Waals surface area contributed by atoms with Crippen molar-refractivity contribution < 1.29 is 22.9 Å². The fourth-order valence-corrected chi connectivity index (χ4v) is 7.50. The van der Waals surface area contributed by atoms with E-state index in [1.165, 1.54) is 167 Å². The van der Waals surface area contributed by atoms with Crippen LogP contribution in [0.1, 0.15) is 232 Å². The predicted molar refractivity (Wildman–Crippen MR) is 212 cm³/mol. The Balaban J connectivity index is 3.82. The monoisotopic (exact) mass is 714 g/mol. The molecule has 0 spiro atoms. The van der Waals surface area contributed by atoms with Crippen molar-refractivity contribution >= 4 is 16.0 Å². The lowest BCUT2D eigenvalue weighted by atomic mass is 10.0. The molecule has 0 aliphatic heterocycles. The molecule has 0 aliphatic carbocycles. The molecule has 0 bridgehead atoms. The molecule has 0 heterocycles. The molecule has 49 heavy (non-hydrogen) atoms. The van der Waals surface area contributed by atoms with Gasteiger partial charge in [0.05, 0.1) is 17.9 Å². The van der Waals surface area contributed by atoms with Crippen LogP contribution in [0.15, 0.2) is 12.2 Å². The number of aliphatic hydroxyl groups excluding tert-OH is 1. The van der Waals surface area contributed by atoms with Crippen LogP contribution < -0.4 is 5.32 Å². The van der Waals surface area contributed by atoms with Crippen molar-refractivity contribution in [3.63, 3.8) is 0 Å². The Kier molecular flexibility index (Phi) is 36.2. The summed E-state index contributed by atoms with van der Waals surface area (Å²) >= 11 is 0. The summed E-state index contributed by atoms with van der Waals surface area (Å²) in [5.41, 5.74) is 0. The normalized spacial score (nSPS) is 13.3. The number of amides is 1. The number of carbonyl (C=O) groups excluding carboxylic acids is 1. The minimum Gasteiger partial charge on any atom is -0.391 e. The van der Waals surface area contributed by atoms with Crippen molar-refractivity contribution in [2.45, 2.75) is 244 Å². The maximum absolute atomic E-state index is 12.5. The van der Waals surface area contributed by atoms with Crippen LogP contribution in [0.4, 0.5) is 0 Å². The molecule has 0 aromatic carbocycles. The molecule has 0 aromatic heterocycles. The molecule has 0 saturated carbocycles. The van der Waals surface area contributed by atoms with Gasteiger partial charge in [-0.15, -0.1) is 0 Å². The fraction of sp³-hybridized carbons (Fsp3) is 0.929. The van der Waals surface area contributed by atoms with E-state index in [4.69, 9.17) is 0 Å². The summed E-state index contributed by atoms with van der Waals surface area (Å²) in [5, 5.41) is 13.4. The number of carbonyl (C=O) groups is 1. The van der Waals surface area contributed by atoms with Crippen LogP contribution in [-0.2, 0) is 14.9 Å². The van der Waals surface area contributed by atoms with Gasteiger partial charge in [0, 0.05) is 6.42 Å². The van der Waals surface area contributed by atoms with Gasteiger partial charge in [-0.3, -0.25) is 9.35 Å². The molecule has 1 amide bonds. The molecule has 6 nitrogen and oxygen atoms in total. The van der Waals surface area contributed by atoms with Crippen LogP contribution in [-0.4, -0.2) is 41.9 Å². The summed E-state index contributed by atoms with van der Waals surface area (Å²) in [7, 11) is -4.31. The van der Waals surface area contributed by atoms with Crippen molar-refractivity contribution in [1.29, 1.82) is 0 Å². The van der Waals surface area contributed by atoms with E-state index in [0.29, 0.717) is 12.8 Å².